The van der Waals surface area contributed by atoms with Gasteiger partial charge >= 0.3 is 0 Å². The summed E-state index contributed by atoms with van der Waals surface area (Å²) in [5, 5.41) is 0. The summed E-state index contributed by atoms with van der Waals surface area (Å²) in [6.07, 6.45) is 7.03. The van der Waals surface area contributed by atoms with E-state index in [9.17, 15) is 4.79 Å². The van der Waals surface area contributed by atoms with Gasteiger partial charge in [0.2, 0.25) is 0 Å². The lowest BCUT2D eigenvalue weighted by molar-refractivity contribution is -0.126. The molecule has 0 saturated heterocycles. The Bertz CT molecular complexity index is 184. The lowest BCUT2D eigenvalue weighted by Gasteiger charge is -2.30. The maximum absolute atomic E-state index is 12.0. The highest BCUT2D eigenvalue weighted by molar-refractivity contribution is 5.81. The summed E-state index contributed by atoms with van der Waals surface area (Å²) >= 11 is 0. The van der Waals surface area contributed by atoms with Crippen molar-refractivity contribution in [3.63, 3.8) is 0 Å². The van der Waals surface area contributed by atoms with Crippen molar-refractivity contribution in [3.05, 3.63) is 0 Å². The van der Waals surface area contributed by atoms with E-state index in [2.05, 4.69) is 20.8 Å². The van der Waals surface area contributed by atoms with Crippen LogP contribution in [0.4, 0.5) is 0 Å². The van der Waals surface area contributed by atoms with Gasteiger partial charge < -0.3 is 0 Å². The van der Waals surface area contributed by atoms with Crippen LogP contribution < -0.4 is 0 Å². The van der Waals surface area contributed by atoms with Crippen LogP contribution in [0.2, 0.25) is 0 Å². The van der Waals surface area contributed by atoms with Crippen molar-refractivity contribution in [2.45, 2.75) is 59.3 Å². The molecule has 0 spiro atoms. The molecule has 0 bridgehead atoms. The SMILES string of the molecule is CCC1CCCCC1C(=O)CC(C)C. The Morgan fingerprint density at radius 2 is 1.93 bits per heavy atom. The molecule has 82 valence electrons. The van der Waals surface area contributed by atoms with Gasteiger partial charge in [-0.15, -0.1) is 0 Å². The summed E-state index contributed by atoms with van der Waals surface area (Å²) in [5.74, 6) is 2.15. The highest BCUT2D eigenvalue weighted by Gasteiger charge is 2.29. The third-order valence-corrected chi connectivity index (χ3v) is 3.46. The van der Waals surface area contributed by atoms with Gasteiger partial charge in [0.25, 0.3) is 0 Å². The molecule has 1 fully saturated rings. The second-order valence-electron chi connectivity index (χ2n) is 5.12. The Balaban J connectivity index is 2.50. The summed E-state index contributed by atoms with van der Waals surface area (Å²) < 4.78 is 0. The van der Waals surface area contributed by atoms with Gasteiger partial charge in [0.05, 0.1) is 0 Å². The fraction of sp³-hybridized carbons (Fsp3) is 0.923. The number of Topliss-reactive ketones (excluding diaryl/α,β-unsaturated/α-hetero) is 1. The fourth-order valence-electron chi connectivity index (χ4n) is 2.67. The molecule has 1 rings (SSSR count). The summed E-state index contributed by atoms with van der Waals surface area (Å²) in [6, 6.07) is 0. The van der Waals surface area contributed by atoms with E-state index in [0.717, 1.165) is 12.8 Å². The Morgan fingerprint density at radius 3 is 2.50 bits per heavy atom. The first-order valence-electron chi connectivity index (χ1n) is 6.17. The summed E-state index contributed by atoms with van der Waals surface area (Å²) in [6.45, 7) is 6.51. The molecular formula is C13H24O. The zero-order valence-corrected chi connectivity index (χ0v) is 9.88. The van der Waals surface area contributed by atoms with E-state index in [4.69, 9.17) is 0 Å². The molecule has 0 N–H and O–H groups in total. The van der Waals surface area contributed by atoms with Crippen molar-refractivity contribution in [3.8, 4) is 0 Å². The number of ketones is 1. The van der Waals surface area contributed by atoms with Crippen molar-refractivity contribution < 1.29 is 4.79 Å². The average molecular weight is 196 g/mol. The summed E-state index contributed by atoms with van der Waals surface area (Å²) in [5.41, 5.74) is 0. The Kier molecular flexibility index (Phi) is 4.64. The Hall–Kier alpha value is -0.330. The number of carbonyl (C=O) groups excluding carboxylic acids is 1. The van der Waals surface area contributed by atoms with Crippen LogP contribution in [0, 0.1) is 17.8 Å². The minimum absolute atomic E-state index is 0.399. The first-order chi connectivity index (χ1) is 6.65. The lowest BCUT2D eigenvalue weighted by atomic mass is 9.74. The lowest BCUT2D eigenvalue weighted by Crippen LogP contribution is -2.27. The molecule has 0 heterocycles. The maximum atomic E-state index is 12.0. The molecule has 0 amide bonds. The van der Waals surface area contributed by atoms with Gasteiger partial charge in [-0.05, 0) is 24.7 Å². The van der Waals surface area contributed by atoms with Gasteiger partial charge in [0, 0.05) is 12.3 Å². The van der Waals surface area contributed by atoms with Crippen LogP contribution in [0.5, 0.6) is 0 Å². The number of hydrogen-bond acceptors (Lipinski definition) is 1. The Morgan fingerprint density at radius 1 is 1.29 bits per heavy atom. The smallest absolute Gasteiger partial charge is 0.136 e. The highest BCUT2D eigenvalue weighted by Crippen LogP contribution is 2.33. The predicted molar refractivity (Wildman–Crippen MR) is 60.2 cm³/mol. The van der Waals surface area contributed by atoms with E-state index in [1.54, 1.807) is 0 Å². The van der Waals surface area contributed by atoms with Crippen LogP contribution in [-0.4, -0.2) is 5.78 Å². The third-order valence-electron chi connectivity index (χ3n) is 3.46. The third kappa shape index (κ3) is 3.11. The van der Waals surface area contributed by atoms with Crippen LogP contribution in [0.3, 0.4) is 0 Å². The minimum Gasteiger partial charge on any atom is -0.299 e. The monoisotopic (exact) mass is 196 g/mol. The second-order valence-corrected chi connectivity index (χ2v) is 5.12. The second kappa shape index (κ2) is 5.53. The molecule has 0 aromatic carbocycles. The quantitative estimate of drug-likeness (QED) is 0.668. The molecule has 2 atom stereocenters. The van der Waals surface area contributed by atoms with E-state index in [1.165, 1.54) is 25.7 Å². The van der Waals surface area contributed by atoms with Crippen molar-refractivity contribution in [2.75, 3.05) is 0 Å². The first-order valence-corrected chi connectivity index (χ1v) is 6.17. The molecule has 0 aliphatic heterocycles. The predicted octanol–water partition coefficient (Wildman–Crippen LogP) is 3.82. The van der Waals surface area contributed by atoms with Crippen molar-refractivity contribution in [1.82, 2.24) is 0 Å². The van der Waals surface area contributed by atoms with Crippen LogP contribution >= 0.6 is 0 Å². The largest absolute Gasteiger partial charge is 0.299 e. The zero-order chi connectivity index (χ0) is 10.6. The van der Waals surface area contributed by atoms with Gasteiger partial charge in [-0.25, -0.2) is 0 Å². The molecule has 1 heteroatoms. The van der Waals surface area contributed by atoms with E-state index in [0.29, 0.717) is 23.5 Å². The van der Waals surface area contributed by atoms with E-state index in [-0.39, 0.29) is 0 Å². The molecule has 0 radical (unpaired) electrons. The normalized spacial score (nSPS) is 28.0. The molecule has 2 unspecified atom stereocenters. The molecule has 1 saturated carbocycles. The molecule has 14 heavy (non-hydrogen) atoms. The van der Waals surface area contributed by atoms with Crippen LogP contribution in [-0.2, 0) is 4.79 Å². The number of rotatable bonds is 4. The highest BCUT2D eigenvalue weighted by atomic mass is 16.1. The van der Waals surface area contributed by atoms with Crippen molar-refractivity contribution in [2.24, 2.45) is 17.8 Å². The van der Waals surface area contributed by atoms with E-state index in [1.807, 2.05) is 0 Å². The standard InChI is InChI=1S/C13H24O/c1-4-11-7-5-6-8-12(11)13(14)9-10(2)3/h10-12H,4-9H2,1-3H3. The molecule has 1 nitrogen and oxygen atoms in total. The van der Waals surface area contributed by atoms with Crippen LogP contribution in [0.15, 0.2) is 0 Å². The van der Waals surface area contributed by atoms with Crippen LogP contribution in [0.25, 0.3) is 0 Å². The molecule has 0 aromatic heterocycles. The average Bonchev–Trinajstić information content (AvgIpc) is 2.16. The summed E-state index contributed by atoms with van der Waals surface area (Å²) in [4.78, 5) is 12.0. The molecule has 1 aliphatic rings. The van der Waals surface area contributed by atoms with Gasteiger partial charge in [0.15, 0.2) is 0 Å². The first kappa shape index (κ1) is 11.7. The molecular weight excluding hydrogens is 172 g/mol. The summed E-state index contributed by atoms with van der Waals surface area (Å²) in [7, 11) is 0. The fourth-order valence-corrected chi connectivity index (χ4v) is 2.67. The zero-order valence-electron chi connectivity index (χ0n) is 9.88. The van der Waals surface area contributed by atoms with Gasteiger partial charge in [0.1, 0.15) is 5.78 Å². The topological polar surface area (TPSA) is 17.1 Å². The Labute approximate surface area is 88.3 Å². The molecule has 1 aliphatic carbocycles. The van der Waals surface area contributed by atoms with Crippen LogP contribution in [0.1, 0.15) is 59.3 Å². The van der Waals surface area contributed by atoms with E-state index >= 15 is 0 Å². The number of carbonyl (C=O) groups is 1. The van der Waals surface area contributed by atoms with Gasteiger partial charge in [-0.1, -0.05) is 40.0 Å². The van der Waals surface area contributed by atoms with Gasteiger partial charge in [-0.2, -0.15) is 0 Å². The maximum Gasteiger partial charge on any atom is 0.136 e. The van der Waals surface area contributed by atoms with E-state index < -0.39 is 0 Å². The van der Waals surface area contributed by atoms with Crippen molar-refractivity contribution >= 4 is 5.78 Å². The van der Waals surface area contributed by atoms with Gasteiger partial charge in [-0.3, -0.25) is 4.79 Å². The van der Waals surface area contributed by atoms with Crippen molar-refractivity contribution in [1.29, 1.82) is 0 Å². The minimum atomic E-state index is 0.399. The molecule has 0 aromatic rings. The number of hydrogen-bond donors (Lipinski definition) is 0.